The fraction of sp³-hybridized carbons (Fsp3) is 0.429. The minimum absolute atomic E-state index is 0.387. The Kier molecular flexibility index (Phi) is 5.17. The first kappa shape index (κ1) is 23.6. The summed E-state index contributed by atoms with van der Waals surface area (Å²) in [6.45, 7) is 20.7. The van der Waals surface area contributed by atoms with Gasteiger partial charge in [0.15, 0.2) is 0 Å². The van der Waals surface area contributed by atoms with Crippen molar-refractivity contribution >= 4 is 52.8 Å². The van der Waals surface area contributed by atoms with E-state index in [-0.39, 0.29) is 11.2 Å². The van der Waals surface area contributed by atoms with Gasteiger partial charge in [-0.2, -0.15) is 0 Å². The van der Waals surface area contributed by atoms with Crippen molar-refractivity contribution in [3.05, 3.63) is 54.6 Å². The van der Waals surface area contributed by atoms with Crippen LogP contribution in [0.4, 0.5) is 0 Å². The van der Waals surface area contributed by atoms with E-state index in [9.17, 15) is 0 Å². The monoisotopic (exact) mass is 456 g/mol. The van der Waals surface area contributed by atoms with Crippen LogP contribution in [-0.2, 0) is 18.6 Å². The molecule has 0 aliphatic carbocycles. The molecule has 2 aliphatic heterocycles. The van der Waals surface area contributed by atoms with Crippen LogP contribution >= 0.6 is 0 Å². The summed E-state index contributed by atoms with van der Waals surface area (Å²) in [5, 5.41) is 4.53. The van der Waals surface area contributed by atoms with Crippen molar-refractivity contribution < 1.29 is 18.6 Å². The largest absolute Gasteiger partial charge is 0.495 e. The van der Waals surface area contributed by atoms with Crippen LogP contribution in [0.1, 0.15) is 61.0 Å². The minimum Gasteiger partial charge on any atom is -0.399 e. The fourth-order valence-electron chi connectivity index (χ4n) is 4.71. The van der Waals surface area contributed by atoms with Gasteiger partial charge < -0.3 is 18.6 Å². The molecule has 0 amide bonds. The number of rotatable bonds is 3. The molecule has 3 aromatic carbocycles. The Morgan fingerprint density at radius 1 is 0.647 bits per heavy atom. The van der Waals surface area contributed by atoms with E-state index in [1.807, 2.05) is 6.08 Å². The van der Waals surface area contributed by atoms with Gasteiger partial charge >= 0.3 is 14.2 Å². The van der Waals surface area contributed by atoms with Crippen molar-refractivity contribution in [3.8, 4) is 0 Å². The molecule has 5 rings (SSSR count). The molecule has 0 unspecified atom stereocenters. The lowest BCUT2D eigenvalue weighted by molar-refractivity contribution is 0.00578. The van der Waals surface area contributed by atoms with E-state index in [2.05, 4.69) is 104 Å². The third-order valence-electron chi connectivity index (χ3n) is 8.34. The molecule has 0 spiro atoms. The summed E-state index contributed by atoms with van der Waals surface area (Å²) < 4.78 is 25.5. The van der Waals surface area contributed by atoms with Crippen LogP contribution < -0.4 is 10.9 Å². The molecule has 2 heterocycles. The fourth-order valence-corrected chi connectivity index (χ4v) is 4.71. The van der Waals surface area contributed by atoms with Crippen LogP contribution in [0.2, 0.25) is 0 Å². The van der Waals surface area contributed by atoms with Gasteiger partial charge in [0, 0.05) is 0 Å². The Hall–Kier alpha value is -2.11. The van der Waals surface area contributed by atoms with Crippen molar-refractivity contribution in [1.82, 2.24) is 0 Å². The van der Waals surface area contributed by atoms with E-state index >= 15 is 0 Å². The standard InChI is InChI=1S/C28H34B2O4/c1-10-18-13-16-23(30-33-27(6,7)28(8,9)34-30)21-15-12-19-11-14-20(17-22(19)24(18)21)29-31-25(2,3)26(4,5)32-29/h10-17H,1H2,2-9H3. The van der Waals surface area contributed by atoms with Gasteiger partial charge in [0.2, 0.25) is 0 Å². The zero-order valence-electron chi connectivity index (χ0n) is 21.6. The normalized spacial score (nSPS) is 22.6. The van der Waals surface area contributed by atoms with Crippen molar-refractivity contribution in [3.63, 3.8) is 0 Å². The van der Waals surface area contributed by atoms with Gasteiger partial charge in [0.25, 0.3) is 0 Å². The average molecular weight is 456 g/mol. The minimum atomic E-state index is -0.435. The highest BCUT2D eigenvalue weighted by molar-refractivity contribution is 6.65. The Balaban J connectivity index is 1.68. The first-order valence-corrected chi connectivity index (χ1v) is 12.1. The van der Waals surface area contributed by atoms with Crippen molar-refractivity contribution in [2.75, 3.05) is 0 Å². The van der Waals surface area contributed by atoms with Crippen LogP contribution in [0.25, 0.3) is 27.6 Å². The molecule has 0 radical (unpaired) electrons. The quantitative estimate of drug-likeness (QED) is 0.400. The highest BCUT2D eigenvalue weighted by Crippen LogP contribution is 2.39. The summed E-state index contributed by atoms with van der Waals surface area (Å²) in [4.78, 5) is 0. The summed E-state index contributed by atoms with van der Waals surface area (Å²) in [6, 6.07) is 15.0. The molecule has 3 aromatic rings. The Labute approximate surface area is 203 Å². The van der Waals surface area contributed by atoms with Crippen LogP contribution in [-0.4, -0.2) is 36.6 Å². The summed E-state index contributed by atoms with van der Waals surface area (Å²) in [5.41, 5.74) is 1.54. The van der Waals surface area contributed by atoms with E-state index < -0.39 is 25.4 Å². The van der Waals surface area contributed by atoms with Gasteiger partial charge in [-0.25, -0.2) is 0 Å². The molecule has 0 N–H and O–H groups in total. The second kappa shape index (κ2) is 7.44. The predicted octanol–water partition coefficient (Wildman–Crippen LogP) is 5.23. The van der Waals surface area contributed by atoms with E-state index in [1.165, 1.54) is 0 Å². The van der Waals surface area contributed by atoms with Crippen LogP contribution in [0.5, 0.6) is 0 Å². The molecule has 34 heavy (non-hydrogen) atoms. The van der Waals surface area contributed by atoms with E-state index in [0.717, 1.165) is 38.0 Å². The maximum Gasteiger partial charge on any atom is 0.495 e. The second-order valence-electron chi connectivity index (χ2n) is 11.6. The zero-order valence-corrected chi connectivity index (χ0v) is 21.6. The molecular formula is C28H34B2O4. The molecular weight excluding hydrogens is 422 g/mol. The maximum absolute atomic E-state index is 6.41. The van der Waals surface area contributed by atoms with Gasteiger partial charge in [0.1, 0.15) is 0 Å². The third kappa shape index (κ3) is 3.46. The Morgan fingerprint density at radius 2 is 1.18 bits per heavy atom. The van der Waals surface area contributed by atoms with E-state index in [1.54, 1.807) is 0 Å². The first-order chi connectivity index (χ1) is 15.8. The highest BCUT2D eigenvalue weighted by Gasteiger charge is 2.53. The molecule has 0 atom stereocenters. The first-order valence-electron chi connectivity index (χ1n) is 12.1. The Morgan fingerprint density at radius 3 is 1.74 bits per heavy atom. The summed E-state index contributed by atoms with van der Waals surface area (Å²) in [7, 11) is -0.849. The molecule has 176 valence electrons. The zero-order chi connectivity index (χ0) is 24.7. The van der Waals surface area contributed by atoms with Gasteiger partial charge in [-0.15, -0.1) is 0 Å². The highest BCUT2D eigenvalue weighted by atomic mass is 16.7. The molecule has 2 aliphatic rings. The summed E-state index contributed by atoms with van der Waals surface area (Å²) >= 11 is 0. The number of benzene rings is 3. The SMILES string of the molecule is C=Cc1ccc(B2OC(C)(C)C(C)(C)O2)c2ccc3ccc(B4OC(C)(C)C(C)(C)O4)cc3c12. The van der Waals surface area contributed by atoms with Crippen molar-refractivity contribution in [2.24, 2.45) is 0 Å². The lowest BCUT2D eigenvalue weighted by Gasteiger charge is -2.32. The summed E-state index contributed by atoms with van der Waals surface area (Å²) in [6.07, 6.45) is 1.91. The predicted molar refractivity (Wildman–Crippen MR) is 143 cm³/mol. The van der Waals surface area contributed by atoms with Crippen LogP contribution in [0, 0.1) is 0 Å². The van der Waals surface area contributed by atoms with Gasteiger partial charge in [-0.3, -0.25) is 0 Å². The third-order valence-corrected chi connectivity index (χ3v) is 8.34. The molecule has 6 heteroatoms. The lowest BCUT2D eigenvalue weighted by Crippen LogP contribution is -2.41. The number of hydrogen-bond acceptors (Lipinski definition) is 4. The lowest BCUT2D eigenvalue weighted by atomic mass is 9.73. The Bertz CT molecular complexity index is 1280. The van der Waals surface area contributed by atoms with Crippen molar-refractivity contribution in [2.45, 2.75) is 77.8 Å². The molecule has 0 saturated carbocycles. The second-order valence-corrected chi connectivity index (χ2v) is 11.6. The smallest absolute Gasteiger partial charge is 0.399 e. The summed E-state index contributed by atoms with van der Waals surface area (Å²) in [5.74, 6) is 0. The van der Waals surface area contributed by atoms with Gasteiger partial charge in [-0.05, 0) is 93.4 Å². The number of fused-ring (bicyclic) bond motifs is 3. The number of hydrogen-bond donors (Lipinski definition) is 0. The van der Waals surface area contributed by atoms with Crippen LogP contribution in [0.3, 0.4) is 0 Å². The van der Waals surface area contributed by atoms with Gasteiger partial charge in [-0.1, -0.05) is 55.1 Å². The van der Waals surface area contributed by atoms with Crippen molar-refractivity contribution in [1.29, 1.82) is 0 Å². The average Bonchev–Trinajstić information content (AvgIpc) is 3.11. The molecule has 4 nitrogen and oxygen atoms in total. The molecule has 0 aromatic heterocycles. The molecule has 2 saturated heterocycles. The van der Waals surface area contributed by atoms with E-state index in [0.29, 0.717) is 0 Å². The topological polar surface area (TPSA) is 36.9 Å². The maximum atomic E-state index is 6.41. The molecule has 2 fully saturated rings. The molecule has 0 bridgehead atoms. The van der Waals surface area contributed by atoms with E-state index in [4.69, 9.17) is 18.6 Å². The van der Waals surface area contributed by atoms with Gasteiger partial charge in [0.05, 0.1) is 22.4 Å². The van der Waals surface area contributed by atoms with Crippen LogP contribution in [0.15, 0.2) is 49.0 Å².